The molecule has 0 aliphatic heterocycles. The summed E-state index contributed by atoms with van der Waals surface area (Å²) in [5.74, 6) is -0.341. The predicted octanol–water partition coefficient (Wildman–Crippen LogP) is 2.10. The Hall–Kier alpha value is -4.06. The molecule has 0 saturated carbocycles. The first kappa shape index (κ1) is 21.2. The van der Waals surface area contributed by atoms with E-state index in [2.05, 4.69) is 40.9 Å². The summed E-state index contributed by atoms with van der Waals surface area (Å²) in [4.78, 5) is 12.7. The lowest BCUT2D eigenvalue weighted by molar-refractivity contribution is 0.0949. The van der Waals surface area contributed by atoms with Crippen LogP contribution in [0.3, 0.4) is 0 Å². The summed E-state index contributed by atoms with van der Waals surface area (Å²) >= 11 is 6.48. The first-order chi connectivity index (χ1) is 15.5. The van der Waals surface area contributed by atoms with Crippen molar-refractivity contribution in [2.45, 2.75) is 26.7 Å². The van der Waals surface area contributed by atoms with Crippen molar-refractivity contribution in [1.29, 1.82) is 0 Å². The van der Waals surface area contributed by atoms with E-state index in [9.17, 15) is 4.79 Å². The SMILES string of the molecule is CCCc1c(C(=O)N/N=C/c2c(C)nn(-c3ccccc3)c2Cl)nnn1-c1nonc1N. The van der Waals surface area contributed by atoms with Gasteiger partial charge in [-0.3, -0.25) is 4.79 Å². The minimum atomic E-state index is -0.546. The van der Waals surface area contributed by atoms with Crippen molar-refractivity contribution in [1.82, 2.24) is 40.5 Å². The normalized spacial score (nSPS) is 11.3. The van der Waals surface area contributed by atoms with Gasteiger partial charge < -0.3 is 5.73 Å². The van der Waals surface area contributed by atoms with Crippen LogP contribution in [0, 0.1) is 6.92 Å². The summed E-state index contributed by atoms with van der Waals surface area (Å²) in [5.41, 5.74) is 10.8. The van der Waals surface area contributed by atoms with Crippen molar-refractivity contribution in [3.63, 3.8) is 0 Å². The van der Waals surface area contributed by atoms with Gasteiger partial charge >= 0.3 is 0 Å². The molecule has 0 radical (unpaired) electrons. The molecule has 0 unspecified atom stereocenters. The van der Waals surface area contributed by atoms with E-state index in [0.717, 1.165) is 12.1 Å². The molecule has 3 aromatic heterocycles. The number of hydrogen-bond acceptors (Lipinski definition) is 9. The van der Waals surface area contributed by atoms with E-state index in [1.165, 1.54) is 10.9 Å². The molecular weight excluding hydrogens is 436 g/mol. The van der Waals surface area contributed by atoms with E-state index in [1.54, 1.807) is 11.6 Å². The van der Waals surface area contributed by atoms with Crippen molar-refractivity contribution < 1.29 is 9.42 Å². The van der Waals surface area contributed by atoms with Crippen molar-refractivity contribution in [2.75, 3.05) is 5.73 Å². The summed E-state index contributed by atoms with van der Waals surface area (Å²) in [7, 11) is 0. The van der Waals surface area contributed by atoms with Gasteiger partial charge in [0.15, 0.2) is 5.69 Å². The summed E-state index contributed by atoms with van der Waals surface area (Å²) in [5, 5.41) is 24.0. The van der Waals surface area contributed by atoms with Gasteiger partial charge in [0.2, 0.25) is 11.6 Å². The van der Waals surface area contributed by atoms with Crippen LogP contribution in [0.4, 0.5) is 5.82 Å². The molecule has 0 saturated heterocycles. The Morgan fingerprint density at radius 3 is 2.75 bits per heavy atom. The van der Waals surface area contributed by atoms with Gasteiger partial charge in [0.25, 0.3) is 5.91 Å². The lowest BCUT2D eigenvalue weighted by atomic mass is 10.2. The van der Waals surface area contributed by atoms with Crippen molar-refractivity contribution in [3.05, 3.63) is 58.1 Å². The molecule has 32 heavy (non-hydrogen) atoms. The number of nitrogens with two attached hydrogens (primary N) is 1. The van der Waals surface area contributed by atoms with E-state index >= 15 is 0 Å². The molecule has 0 bridgehead atoms. The van der Waals surface area contributed by atoms with Crippen LogP contribution in [-0.2, 0) is 6.42 Å². The highest BCUT2D eigenvalue weighted by molar-refractivity contribution is 6.32. The van der Waals surface area contributed by atoms with E-state index in [1.807, 2.05) is 37.3 Å². The molecule has 0 aliphatic carbocycles. The lowest BCUT2D eigenvalue weighted by Gasteiger charge is -2.03. The van der Waals surface area contributed by atoms with Gasteiger partial charge in [-0.1, -0.05) is 48.4 Å². The summed E-state index contributed by atoms with van der Waals surface area (Å²) in [6.07, 6.45) is 2.67. The molecule has 0 atom stereocenters. The van der Waals surface area contributed by atoms with Crippen LogP contribution in [0.1, 0.15) is 40.8 Å². The summed E-state index contributed by atoms with van der Waals surface area (Å²) in [6.45, 7) is 3.76. The Labute approximate surface area is 187 Å². The monoisotopic (exact) mass is 454 g/mol. The number of aryl methyl sites for hydroxylation is 1. The number of benzene rings is 1. The van der Waals surface area contributed by atoms with Crippen LogP contribution < -0.4 is 11.2 Å². The number of carbonyl (C=O) groups is 1. The van der Waals surface area contributed by atoms with E-state index in [4.69, 9.17) is 17.3 Å². The molecule has 13 heteroatoms. The highest BCUT2D eigenvalue weighted by Crippen LogP contribution is 2.22. The minimum absolute atomic E-state index is 0.0396. The molecule has 4 rings (SSSR count). The molecular formula is C19H19ClN10O2. The molecule has 4 aromatic rings. The van der Waals surface area contributed by atoms with Crippen LogP contribution >= 0.6 is 11.6 Å². The maximum Gasteiger partial charge on any atom is 0.293 e. The smallest absolute Gasteiger partial charge is 0.293 e. The van der Waals surface area contributed by atoms with Gasteiger partial charge in [-0.15, -0.1) is 5.10 Å². The Morgan fingerprint density at radius 1 is 1.28 bits per heavy atom. The number of carbonyl (C=O) groups excluding carboxylic acids is 1. The van der Waals surface area contributed by atoms with Gasteiger partial charge in [-0.25, -0.2) is 14.7 Å². The van der Waals surface area contributed by atoms with Gasteiger partial charge in [0.1, 0.15) is 5.15 Å². The minimum Gasteiger partial charge on any atom is -0.378 e. The molecule has 3 heterocycles. The van der Waals surface area contributed by atoms with Crippen molar-refractivity contribution in [3.8, 4) is 11.5 Å². The van der Waals surface area contributed by atoms with Gasteiger partial charge in [0.05, 0.1) is 28.9 Å². The number of nitrogens with one attached hydrogen (secondary N) is 1. The van der Waals surface area contributed by atoms with Gasteiger partial charge in [0, 0.05) is 0 Å². The standard InChI is InChI=1S/C19H19ClN10O2/c1-3-7-14-15(23-28-30(14)18-17(21)26-32-27-18)19(31)24-22-10-13-11(2)25-29(16(13)20)12-8-5-4-6-9-12/h4-6,8-10H,3,7H2,1-2H3,(H2,21,26)(H,24,31)/b22-10+. The molecule has 12 nitrogen and oxygen atoms in total. The Morgan fingerprint density at radius 2 is 2.06 bits per heavy atom. The summed E-state index contributed by atoms with van der Waals surface area (Å²) in [6, 6.07) is 9.45. The number of halogens is 1. The largest absolute Gasteiger partial charge is 0.378 e. The first-order valence-electron chi connectivity index (χ1n) is 9.68. The maximum absolute atomic E-state index is 12.7. The average Bonchev–Trinajstić information content (AvgIpc) is 3.47. The Balaban J connectivity index is 1.56. The zero-order chi connectivity index (χ0) is 22.7. The van der Waals surface area contributed by atoms with Crippen molar-refractivity contribution in [2.24, 2.45) is 5.10 Å². The zero-order valence-electron chi connectivity index (χ0n) is 17.2. The molecule has 1 amide bonds. The fraction of sp³-hybridized carbons (Fsp3) is 0.211. The Bertz CT molecular complexity index is 1270. The third-order valence-corrected chi connectivity index (χ3v) is 4.93. The van der Waals surface area contributed by atoms with Gasteiger partial charge in [-0.2, -0.15) is 14.9 Å². The number of anilines is 1. The fourth-order valence-electron chi connectivity index (χ4n) is 3.05. The van der Waals surface area contributed by atoms with E-state index in [0.29, 0.717) is 28.5 Å². The van der Waals surface area contributed by atoms with E-state index < -0.39 is 5.91 Å². The number of amides is 1. The van der Waals surface area contributed by atoms with Gasteiger partial charge in [-0.05, 0) is 35.8 Å². The fourth-order valence-corrected chi connectivity index (χ4v) is 3.37. The number of para-hydroxylation sites is 1. The number of rotatable bonds is 7. The third kappa shape index (κ3) is 3.95. The lowest BCUT2D eigenvalue weighted by Crippen LogP contribution is -2.20. The van der Waals surface area contributed by atoms with Crippen LogP contribution in [0.5, 0.6) is 0 Å². The number of nitrogen functional groups attached to an aromatic ring is 1. The highest BCUT2D eigenvalue weighted by atomic mass is 35.5. The summed E-state index contributed by atoms with van der Waals surface area (Å²) < 4.78 is 7.55. The highest BCUT2D eigenvalue weighted by Gasteiger charge is 2.23. The van der Waals surface area contributed by atoms with E-state index in [-0.39, 0.29) is 17.3 Å². The molecule has 0 fully saturated rings. The number of hydrazone groups is 1. The van der Waals surface area contributed by atoms with Crippen LogP contribution in [0.15, 0.2) is 40.1 Å². The molecule has 164 valence electrons. The van der Waals surface area contributed by atoms with Crippen LogP contribution in [0.25, 0.3) is 11.5 Å². The quantitative estimate of drug-likeness (QED) is 0.317. The third-order valence-electron chi connectivity index (χ3n) is 4.57. The first-order valence-corrected chi connectivity index (χ1v) is 10.1. The number of aromatic nitrogens is 7. The molecule has 1 aromatic carbocycles. The zero-order valence-corrected chi connectivity index (χ0v) is 18.0. The Kier molecular flexibility index (Phi) is 5.94. The van der Waals surface area contributed by atoms with Crippen molar-refractivity contribution >= 4 is 29.5 Å². The second kappa shape index (κ2) is 8.98. The topological polar surface area (TPSA) is 155 Å². The number of hydrogen-bond donors (Lipinski definition) is 2. The molecule has 0 spiro atoms. The van der Waals surface area contributed by atoms with Crippen LogP contribution in [-0.4, -0.2) is 47.2 Å². The second-order valence-electron chi connectivity index (χ2n) is 6.76. The average molecular weight is 455 g/mol. The molecule has 0 aliphatic rings. The van der Waals surface area contributed by atoms with Crippen LogP contribution in [0.2, 0.25) is 5.15 Å². The maximum atomic E-state index is 12.7. The second-order valence-corrected chi connectivity index (χ2v) is 7.11. The number of nitrogens with zero attached hydrogens (tertiary/aromatic N) is 8. The molecule has 3 N–H and O–H groups in total. The predicted molar refractivity (Wildman–Crippen MR) is 116 cm³/mol.